The number of hydrogen-bond donors (Lipinski definition) is 4. The summed E-state index contributed by atoms with van der Waals surface area (Å²) in [4.78, 5) is 38.2. The standard InChI is InChI=1S/C34H36F2N2O8/c35-24-7-5-22(6-8-24)29(40)14-13-27-31(38(32(27)42)26-11-9-25(36)10-12-26)23-3-1-21(2-4-23)15-16-34(19-45-20-34)46-18-30(41)37-28(17-39)33(43)44/h1-12,27-29,31,39-40H,13-20H2,(H,37,41)(H,43,44)/t27?,28?,29-,31+/m0/s1. The van der Waals surface area contributed by atoms with E-state index in [1.807, 2.05) is 24.3 Å². The molecule has 2 fully saturated rings. The molecule has 3 aromatic carbocycles. The summed E-state index contributed by atoms with van der Waals surface area (Å²) in [5.74, 6) is -3.36. The summed E-state index contributed by atoms with van der Waals surface area (Å²) in [5, 5.41) is 31.0. The van der Waals surface area contributed by atoms with Gasteiger partial charge in [-0.05, 0) is 78.8 Å². The van der Waals surface area contributed by atoms with Crippen LogP contribution in [0.5, 0.6) is 0 Å². The van der Waals surface area contributed by atoms with Crippen LogP contribution in [0.2, 0.25) is 0 Å². The quantitative estimate of drug-likeness (QED) is 0.185. The van der Waals surface area contributed by atoms with Gasteiger partial charge < -0.3 is 35.0 Å². The first-order chi connectivity index (χ1) is 22.1. The highest BCUT2D eigenvalue weighted by molar-refractivity contribution is 6.03. The summed E-state index contributed by atoms with van der Waals surface area (Å²) in [5.41, 5.74) is 2.29. The normalized spacial score (nSPS) is 19.9. The zero-order valence-electron chi connectivity index (χ0n) is 25.0. The zero-order chi connectivity index (χ0) is 32.8. The number of nitrogens with zero attached hydrogens (tertiary/aromatic N) is 1. The van der Waals surface area contributed by atoms with Crippen LogP contribution in [-0.2, 0) is 30.3 Å². The van der Waals surface area contributed by atoms with Gasteiger partial charge in [-0.15, -0.1) is 0 Å². The number of hydrogen-bond acceptors (Lipinski definition) is 7. The molecule has 244 valence electrons. The predicted molar refractivity (Wildman–Crippen MR) is 162 cm³/mol. The largest absolute Gasteiger partial charge is 0.480 e. The number of nitrogens with one attached hydrogen (secondary N) is 1. The van der Waals surface area contributed by atoms with Crippen LogP contribution in [0.15, 0.2) is 72.8 Å². The Morgan fingerprint density at radius 1 is 1.00 bits per heavy atom. The topological polar surface area (TPSA) is 146 Å². The maximum Gasteiger partial charge on any atom is 0.328 e. The van der Waals surface area contributed by atoms with Crippen LogP contribution in [0, 0.1) is 17.6 Å². The molecule has 3 aromatic rings. The number of aliphatic hydroxyl groups is 2. The van der Waals surface area contributed by atoms with Crippen LogP contribution in [-0.4, -0.2) is 71.2 Å². The molecule has 0 aromatic heterocycles. The van der Waals surface area contributed by atoms with E-state index in [1.54, 1.807) is 17.0 Å². The molecule has 2 unspecified atom stereocenters. The maximum absolute atomic E-state index is 13.7. The molecule has 2 heterocycles. The van der Waals surface area contributed by atoms with Crippen molar-refractivity contribution < 1.29 is 48.0 Å². The second-order valence-electron chi connectivity index (χ2n) is 11.7. The highest BCUT2D eigenvalue weighted by atomic mass is 19.1. The Morgan fingerprint density at radius 3 is 2.20 bits per heavy atom. The molecule has 0 spiro atoms. The third kappa shape index (κ3) is 7.59. The number of aliphatic hydroxyl groups excluding tert-OH is 2. The monoisotopic (exact) mass is 638 g/mol. The summed E-state index contributed by atoms with van der Waals surface area (Å²) in [7, 11) is 0. The highest BCUT2D eigenvalue weighted by Gasteiger charge is 2.48. The summed E-state index contributed by atoms with van der Waals surface area (Å²) in [6.45, 7) is -0.551. The van der Waals surface area contributed by atoms with Gasteiger partial charge in [-0.25, -0.2) is 13.6 Å². The Morgan fingerprint density at radius 2 is 1.63 bits per heavy atom. The van der Waals surface area contributed by atoms with Crippen LogP contribution in [0.4, 0.5) is 14.5 Å². The lowest BCUT2D eigenvalue weighted by atomic mass is 9.78. The molecule has 46 heavy (non-hydrogen) atoms. The minimum atomic E-state index is -1.41. The molecular weight excluding hydrogens is 602 g/mol. The number of amides is 2. The molecule has 2 saturated heterocycles. The Balaban J connectivity index is 1.23. The lowest BCUT2D eigenvalue weighted by Crippen LogP contribution is -2.55. The summed E-state index contributed by atoms with van der Waals surface area (Å²) < 4.78 is 38.2. The van der Waals surface area contributed by atoms with Gasteiger partial charge in [0.1, 0.15) is 29.9 Å². The third-order valence-electron chi connectivity index (χ3n) is 8.57. The molecule has 10 nitrogen and oxygen atoms in total. The van der Waals surface area contributed by atoms with Crippen molar-refractivity contribution in [1.29, 1.82) is 0 Å². The molecule has 2 aliphatic rings. The number of carboxylic acids is 1. The van der Waals surface area contributed by atoms with E-state index < -0.39 is 53.8 Å². The first-order valence-electron chi connectivity index (χ1n) is 15.0. The Labute approximate surface area is 264 Å². The van der Waals surface area contributed by atoms with Crippen LogP contribution in [0.1, 0.15) is 48.1 Å². The Kier molecular flexibility index (Phi) is 10.4. The molecule has 0 aliphatic carbocycles. The van der Waals surface area contributed by atoms with Crippen molar-refractivity contribution in [2.24, 2.45) is 5.92 Å². The molecule has 0 radical (unpaired) electrons. The van der Waals surface area contributed by atoms with E-state index in [4.69, 9.17) is 19.7 Å². The number of aryl methyl sites for hydroxylation is 1. The Hall–Kier alpha value is -4.23. The number of rotatable bonds is 15. The van der Waals surface area contributed by atoms with Gasteiger partial charge in [0.25, 0.3) is 0 Å². The number of carboxylic acid groups (broad SMARTS) is 1. The molecule has 12 heteroatoms. The van der Waals surface area contributed by atoms with Gasteiger partial charge in [-0.3, -0.25) is 9.59 Å². The van der Waals surface area contributed by atoms with Gasteiger partial charge in [-0.1, -0.05) is 36.4 Å². The van der Waals surface area contributed by atoms with Crippen molar-refractivity contribution >= 4 is 23.5 Å². The average Bonchev–Trinajstić information content (AvgIpc) is 3.03. The fraction of sp³-hybridized carbons (Fsp3) is 0.382. The predicted octanol–water partition coefficient (Wildman–Crippen LogP) is 3.46. The molecule has 4 atom stereocenters. The van der Waals surface area contributed by atoms with Crippen molar-refractivity contribution in [2.45, 2.75) is 49.5 Å². The number of carbonyl (C=O) groups excluding carboxylic acids is 2. The molecular formula is C34H36F2N2O8. The number of aliphatic carboxylic acids is 1. The summed E-state index contributed by atoms with van der Waals surface area (Å²) in [6.07, 6.45) is 0.960. The van der Waals surface area contributed by atoms with Gasteiger partial charge in [-0.2, -0.15) is 0 Å². The van der Waals surface area contributed by atoms with E-state index in [0.29, 0.717) is 36.9 Å². The van der Waals surface area contributed by atoms with E-state index in [9.17, 15) is 28.3 Å². The van der Waals surface area contributed by atoms with E-state index in [0.717, 1.165) is 11.1 Å². The minimum Gasteiger partial charge on any atom is -0.480 e. The molecule has 4 N–H and O–H groups in total. The molecule has 0 bridgehead atoms. The van der Waals surface area contributed by atoms with Gasteiger partial charge in [0.2, 0.25) is 11.8 Å². The first-order valence-corrected chi connectivity index (χ1v) is 15.0. The number of benzene rings is 3. The summed E-state index contributed by atoms with van der Waals surface area (Å²) in [6, 6.07) is 17.4. The SMILES string of the molecule is O=C(COC1(CCc2ccc([C@@H]3C(CC[C@H](O)c4ccc(F)cc4)C(=O)N3c3ccc(F)cc3)cc2)COC1)NC(CO)C(=O)O. The number of ether oxygens (including phenoxy) is 2. The second-order valence-corrected chi connectivity index (χ2v) is 11.7. The fourth-order valence-electron chi connectivity index (χ4n) is 5.81. The number of carbonyl (C=O) groups is 3. The lowest BCUT2D eigenvalue weighted by Gasteiger charge is -2.48. The average molecular weight is 639 g/mol. The van der Waals surface area contributed by atoms with E-state index >= 15 is 0 Å². The zero-order valence-corrected chi connectivity index (χ0v) is 25.0. The van der Waals surface area contributed by atoms with Gasteiger partial charge in [0.05, 0.1) is 37.9 Å². The maximum atomic E-state index is 13.7. The van der Waals surface area contributed by atoms with Crippen LogP contribution < -0.4 is 10.2 Å². The molecule has 5 rings (SSSR count). The first kappa shape index (κ1) is 33.1. The van der Waals surface area contributed by atoms with Gasteiger partial charge in [0.15, 0.2) is 0 Å². The van der Waals surface area contributed by atoms with Crippen molar-refractivity contribution in [3.63, 3.8) is 0 Å². The van der Waals surface area contributed by atoms with Crippen LogP contribution >= 0.6 is 0 Å². The number of anilines is 1. The van der Waals surface area contributed by atoms with Crippen molar-refractivity contribution in [3.8, 4) is 0 Å². The minimum absolute atomic E-state index is 0.131. The van der Waals surface area contributed by atoms with Crippen molar-refractivity contribution in [1.82, 2.24) is 5.32 Å². The van der Waals surface area contributed by atoms with Crippen molar-refractivity contribution in [3.05, 3.63) is 101 Å². The smallest absolute Gasteiger partial charge is 0.328 e. The highest BCUT2D eigenvalue weighted by Crippen LogP contribution is 2.46. The molecule has 2 aliphatic heterocycles. The van der Waals surface area contributed by atoms with Crippen molar-refractivity contribution in [2.75, 3.05) is 31.3 Å². The Bertz CT molecular complexity index is 1510. The van der Waals surface area contributed by atoms with E-state index in [2.05, 4.69) is 5.32 Å². The van der Waals surface area contributed by atoms with Gasteiger partial charge >= 0.3 is 5.97 Å². The van der Waals surface area contributed by atoms with Gasteiger partial charge in [0, 0.05) is 5.69 Å². The van der Waals surface area contributed by atoms with E-state index in [1.165, 1.54) is 36.4 Å². The number of β-lactam (4-membered cyclic amide) rings is 1. The summed E-state index contributed by atoms with van der Waals surface area (Å²) >= 11 is 0. The third-order valence-corrected chi connectivity index (χ3v) is 8.57. The van der Waals surface area contributed by atoms with E-state index in [-0.39, 0.29) is 31.8 Å². The molecule has 2 amide bonds. The lowest BCUT2D eigenvalue weighted by molar-refractivity contribution is -0.212. The second kappa shape index (κ2) is 14.5. The molecule has 0 saturated carbocycles. The number of halogens is 2. The van der Waals surface area contributed by atoms with Crippen LogP contribution in [0.3, 0.4) is 0 Å². The van der Waals surface area contributed by atoms with Crippen LogP contribution in [0.25, 0.3) is 0 Å². The fourth-order valence-corrected chi connectivity index (χ4v) is 5.81.